The second-order valence-corrected chi connectivity index (χ2v) is 6.99. The van der Waals surface area contributed by atoms with Crippen molar-refractivity contribution in [2.45, 2.75) is 13.0 Å². The van der Waals surface area contributed by atoms with Crippen LogP contribution in [0.15, 0.2) is 71.1 Å². The molecule has 0 radical (unpaired) electrons. The number of anilines is 1. The number of rotatable bonds is 5. The van der Waals surface area contributed by atoms with Gasteiger partial charge in [-0.2, -0.15) is 0 Å². The van der Waals surface area contributed by atoms with Gasteiger partial charge in [0.25, 0.3) is 0 Å². The quantitative estimate of drug-likeness (QED) is 0.426. The molecule has 146 valence electrons. The average Bonchev–Trinajstić information content (AvgIpc) is 3.20. The number of hydrogen-bond donors (Lipinski definition) is 1. The Morgan fingerprint density at radius 3 is 2.48 bits per heavy atom. The Morgan fingerprint density at radius 1 is 0.966 bits per heavy atom. The van der Waals surface area contributed by atoms with Gasteiger partial charge in [0.15, 0.2) is 0 Å². The first-order valence-electron chi connectivity index (χ1n) is 8.87. The summed E-state index contributed by atoms with van der Waals surface area (Å²) in [6.45, 7) is 1.69. The fourth-order valence-corrected chi connectivity index (χ4v) is 3.01. The fraction of sp³-hybridized carbons (Fsp3) is 0.0909. The number of aromatic nitrogens is 2. The number of hydrogen-bond acceptors (Lipinski definition) is 4. The minimum absolute atomic E-state index is 0.190. The van der Waals surface area contributed by atoms with Crippen LogP contribution in [0.4, 0.5) is 14.5 Å². The number of nitrogens with zero attached hydrogens (tertiary/aromatic N) is 2. The summed E-state index contributed by atoms with van der Waals surface area (Å²) in [6, 6.07) is 17.3. The molecule has 0 unspecified atom stereocenters. The Bertz CT molecular complexity index is 1150. The van der Waals surface area contributed by atoms with Crippen LogP contribution in [-0.4, -0.2) is 10.2 Å². The largest absolute Gasteiger partial charge is 0.418 e. The van der Waals surface area contributed by atoms with E-state index in [4.69, 9.17) is 16.0 Å². The topological polar surface area (TPSA) is 51.0 Å². The number of benzene rings is 3. The van der Waals surface area contributed by atoms with E-state index in [1.807, 2.05) is 12.1 Å². The summed E-state index contributed by atoms with van der Waals surface area (Å²) in [5.74, 6) is -0.275. The highest BCUT2D eigenvalue weighted by molar-refractivity contribution is 6.30. The van der Waals surface area contributed by atoms with Crippen molar-refractivity contribution in [3.8, 4) is 11.5 Å². The van der Waals surface area contributed by atoms with Crippen LogP contribution in [0, 0.1) is 18.6 Å². The zero-order valence-electron chi connectivity index (χ0n) is 15.4. The molecule has 1 aromatic heterocycles. The molecule has 4 rings (SSSR count). The first-order valence-corrected chi connectivity index (χ1v) is 9.25. The van der Waals surface area contributed by atoms with Crippen LogP contribution in [0.5, 0.6) is 0 Å². The molecule has 29 heavy (non-hydrogen) atoms. The molecule has 7 heteroatoms. The van der Waals surface area contributed by atoms with Gasteiger partial charge in [0.1, 0.15) is 17.7 Å². The SMILES string of the molecule is Cc1ccc(N[C@H](c2ccc(Cl)cc2)c2nnc(-c3cccc(F)c3)o2)cc1F. The molecule has 1 heterocycles. The number of halogens is 3. The van der Waals surface area contributed by atoms with Crippen LogP contribution in [-0.2, 0) is 0 Å². The molecule has 0 spiro atoms. The molecule has 4 nitrogen and oxygen atoms in total. The van der Waals surface area contributed by atoms with Crippen LogP contribution >= 0.6 is 11.6 Å². The van der Waals surface area contributed by atoms with E-state index in [9.17, 15) is 8.78 Å². The normalized spacial score (nSPS) is 12.0. The summed E-state index contributed by atoms with van der Waals surface area (Å²) in [5, 5.41) is 12.0. The molecular weight excluding hydrogens is 396 g/mol. The van der Waals surface area contributed by atoms with Crippen molar-refractivity contribution in [2.24, 2.45) is 0 Å². The van der Waals surface area contributed by atoms with Crippen LogP contribution < -0.4 is 5.32 Å². The van der Waals surface area contributed by atoms with Crippen molar-refractivity contribution in [1.29, 1.82) is 0 Å². The molecule has 0 aliphatic carbocycles. The number of nitrogens with one attached hydrogen (secondary N) is 1. The van der Waals surface area contributed by atoms with Crippen LogP contribution in [0.3, 0.4) is 0 Å². The lowest BCUT2D eigenvalue weighted by Crippen LogP contribution is -2.13. The average molecular weight is 412 g/mol. The maximum absolute atomic E-state index is 14.0. The molecule has 3 aromatic carbocycles. The molecule has 4 aromatic rings. The van der Waals surface area contributed by atoms with Crippen LogP contribution in [0.2, 0.25) is 5.02 Å². The molecule has 0 fully saturated rings. The second-order valence-electron chi connectivity index (χ2n) is 6.55. The van der Waals surface area contributed by atoms with E-state index >= 15 is 0 Å². The predicted molar refractivity (Wildman–Crippen MR) is 108 cm³/mol. The highest BCUT2D eigenvalue weighted by Gasteiger charge is 2.22. The molecule has 0 aliphatic heterocycles. The second kappa shape index (κ2) is 8.01. The summed E-state index contributed by atoms with van der Waals surface area (Å²) in [6.07, 6.45) is 0. The molecule has 0 bridgehead atoms. The van der Waals surface area contributed by atoms with E-state index in [2.05, 4.69) is 15.5 Å². The highest BCUT2D eigenvalue weighted by Crippen LogP contribution is 2.30. The number of aryl methyl sites for hydroxylation is 1. The molecule has 1 N–H and O–H groups in total. The maximum atomic E-state index is 14.0. The zero-order chi connectivity index (χ0) is 20.4. The fourth-order valence-electron chi connectivity index (χ4n) is 2.88. The smallest absolute Gasteiger partial charge is 0.247 e. The van der Waals surface area contributed by atoms with Crippen LogP contribution in [0.1, 0.15) is 23.1 Å². The molecule has 0 saturated heterocycles. The molecular formula is C22H16ClF2N3O. The van der Waals surface area contributed by atoms with Gasteiger partial charge in [-0.3, -0.25) is 0 Å². The maximum Gasteiger partial charge on any atom is 0.247 e. The minimum Gasteiger partial charge on any atom is -0.418 e. The third-order valence-electron chi connectivity index (χ3n) is 4.45. The van der Waals surface area contributed by atoms with Gasteiger partial charge in [-0.25, -0.2) is 8.78 Å². The van der Waals surface area contributed by atoms with Crippen molar-refractivity contribution >= 4 is 17.3 Å². The first kappa shape index (κ1) is 19.1. The molecule has 1 atom stereocenters. The Labute approximate surface area is 171 Å². The van der Waals surface area contributed by atoms with Gasteiger partial charge in [0.2, 0.25) is 11.8 Å². The lowest BCUT2D eigenvalue weighted by Gasteiger charge is -2.17. The summed E-state index contributed by atoms with van der Waals surface area (Å²) >= 11 is 6.00. The van der Waals surface area contributed by atoms with Crippen molar-refractivity contribution in [1.82, 2.24) is 10.2 Å². The third-order valence-corrected chi connectivity index (χ3v) is 4.70. The van der Waals surface area contributed by atoms with Gasteiger partial charge in [0.05, 0.1) is 0 Å². The van der Waals surface area contributed by atoms with E-state index in [-0.39, 0.29) is 17.6 Å². The van der Waals surface area contributed by atoms with E-state index in [1.54, 1.807) is 43.3 Å². The van der Waals surface area contributed by atoms with E-state index in [0.29, 0.717) is 21.8 Å². The van der Waals surface area contributed by atoms with Crippen molar-refractivity contribution < 1.29 is 13.2 Å². The molecule has 0 saturated carbocycles. The first-order chi connectivity index (χ1) is 14.0. The highest BCUT2D eigenvalue weighted by atomic mass is 35.5. The van der Waals surface area contributed by atoms with Gasteiger partial charge < -0.3 is 9.73 Å². The standard InChI is InChI=1S/C22H16ClF2N3O/c1-13-5-10-18(12-19(13)25)26-20(14-6-8-16(23)9-7-14)22-28-27-21(29-22)15-3-2-4-17(24)11-15/h2-12,20,26H,1H3/t20-/m1/s1. The van der Waals surface area contributed by atoms with E-state index < -0.39 is 11.9 Å². The summed E-state index contributed by atoms with van der Waals surface area (Å²) < 4.78 is 33.4. The van der Waals surface area contributed by atoms with Crippen molar-refractivity contribution in [2.75, 3.05) is 5.32 Å². The molecule has 0 aliphatic rings. The Hall–Kier alpha value is -3.25. The van der Waals surface area contributed by atoms with E-state index in [0.717, 1.165) is 5.56 Å². The summed E-state index contributed by atoms with van der Waals surface area (Å²) in [4.78, 5) is 0. The van der Waals surface area contributed by atoms with Crippen molar-refractivity contribution in [3.63, 3.8) is 0 Å². The third kappa shape index (κ3) is 4.27. The van der Waals surface area contributed by atoms with Crippen molar-refractivity contribution in [3.05, 3.63) is 100 Å². The van der Waals surface area contributed by atoms with Gasteiger partial charge in [-0.15, -0.1) is 10.2 Å². The zero-order valence-corrected chi connectivity index (χ0v) is 16.1. The van der Waals surface area contributed by atoms with Crippen LogP contribution in [0.25, 0.3) is 11.5 Å². The monoisotopic (exact) mass is 411 g/mol. The Kier molecular flexibility index (Phi) is 5.27. The van der Waals surface area contributed by atoms with E-state index in [1.165, 1.54) is 18.2 Å². The van der Waals surface area contributed by atoms with Gasteiger partial charge in [-0.05, 0) is 60.5 Å². The predicted octanol–water partition coefficient (Wildman–Crippen LogP) is 6.18. The Morgan fingerprint density at radius 2 is 1.76 bits per heavy atom. The lowest BCUT2D eigenvalue weighted by atomic mass is 10.1. The van der Waals surface area contributed by atoms with Gasteiger partial charge in [0, 0.05) is 16.3 Å². The molecule has 0 amide bonds. The Balaban J connectivity index is 1.72. The van der Waals surface area contributed by atoms with Gasteiger partial charge in [-0.1, -0.05) is 35.9 Å². The van der Waals surface area contributed by atoms with Gasteiger partial charge >= 0.3 is 0 Å². The minimum atomic E-state index is -0.552. The summed E-state index contributed by atoms with van der Waals surface area (Å²) in [7, 11) is 0. The lowest BCUT2D eigenvalue weighted by molar-refractivity contribution is 0.493. The summed E-state index contributed by atoms with van der Waals surface area (Å²) in [5.41, 5.74) is 2.37.